The van der Waals surface area contributed by atoms with Gasteiger partial charge in [-0.1, -0.05) is 33.8 Å². The molecule has 0 fully saturated rings. The van der Waals surface area contributed by atoms with Gasteiger partial charge in [0.1, 0.15) is 4.88 Å². The Hall–Kier alpha value is -0.530. The Kier molecular flexibility index (Phi) is 6.61. The van der Waals surface area contributed by atoms with Crippen molar-refractivity contribution in [2.45, 2.75) is 24.6 Å². The molecule has 7 heteroatoms. The topological polar surface area (TPSA) is 64.1 Å². The summed E-state index contributed by atoms with van der Waals surface area (Å²) in [5, 5.41) is 6.79. The molecule has 1 aromatic heterocycles. The molecule has 96 valence electrons. The summed E-state index contributed by atoms with van der Waals surface area (Å²) in [6, 6.07) is 0. The maximum absolute atomic E-state index is 11.9. The minimum Gasteiger partial charge on any atom is -0.383 e. The second-order valence-electron chi connectivity index (χ2n) is 3.56. The van der Waals surface area contributed by atoms with Crippen LogP contribution in [-0.4, -0.2) is 40.6 Å². The molecule has 0 aromatic carbocycles. The lowest BCUT2D eigenvalue weighted by atomic mass is 10.2. The second-order valence-corrected chi connectivity index (χ2v) is 5.61. The molecule has 5 nitrogen and oxygen atoms in total. The molecule has 0 radical (unpaired) electrons. The first-order chi connectivity index (χ1) is 8.19. The molecule has 0 saturated carbocycles. The number of hydrogen-bond donors (Lipinski definition) is 1. The van der Waals surface area contributed by atoms with E-state index in [1.807, 2.05) is 6.92 Å². The molecule has 1 amide bonds. The highest BCUT2D eigenvalue weighted by molar-refractivity contribution is 9.09. The lowest BCUT2D eigenvalue weighted by molar-refractivity contribution is 0.0953. The van der Waals surface area contributed by atoms with Crippen LogP contribution in [0.3, 0.4) is 0 Å². The van der Waals surface area contributed by atoms with Crippen molar-refractivity contribution in [3.63, 3.8) is 0 Å². The molecule has 1 heterocycles. The van der Waals surface area contributed by atoms with Crippen LogP contribution in [0.5, 0.6) is 0 Å². The molecule has 0 aliphatic rings. The van der Waals surface area contributed by atoms with Crippen LogP contribution < -0.4 is 5.32 Å². The number of ether oxygens (including phenoxy) is 1. The Balaban J connectivity index is 2.49. The Bertz CT molecular complexity index is 359. The maximum atomic E-state index is 11.9. The van der Waals surface area contributed by atoms with Crippen molar-refractivity contribution in [3.05, 3.63) is 10.6 Å². The maximum Gasteiger partial charge on any atom is 0.264 e. The summed E-state index contributed by atoms with van der Waals surface area (Å²) in [5.41, 5.74) is 0.785. The molecular weight excluding hydrogens is 306 g/mol. The SMILES string of the molecule is CCCc1nnsc1C(=O)NCC(Br)COC. The predicted octanol–water partition coefficient (Wildman–Crippen LogP) is 1.63. The minimum atomic E-state index is -0.107. The number of alkyl halides is 1. The highest BCUT2D eigenvalue weighted by atomic mass is 79.9. The van der Waals surface area contributed by atoms with Crippen LogP contribution >= 0.6 is 27.5 Å². The lowest BCUT2D eigenvalue weighted by Gasteiger charge is -2.09. The fourth-order valence-corrected chi connectivity index (χ4v) is 2.36. The molecule has 1 atom stereocenters. The third-order valence-electron chi connectivity index (χ3n) is 2.08. The van der Waals surface area contributed by atoms with E-state index in [9.17, 15) is 4.79 Å². The number of hydrogen-bond acceptors (Lipinski definition) is 5. The number of aryl methyl sites for hydroxylation is 1. The van der Waals surface area contributed by atoms with Crippen LogP contribution in [0.4, 0.5) is 0 Å². The van der Waals surface area contributed by atoms with Crippen LogP contribution in [0.25, 0.3) is 0 Å². The van der Waals surface area contributed by atoms with Crippen molar-refractivity contribution in [1.29, 1.82) is 0 Å². The number of aromatic nitrogens is 2. The van der Waals surface area contributed by atoms with Gasteiger partial charge in [0.15, 0.2) is 0 Å². The second kappa shape index (κ2) is 7.73. The Morgan fingerprint density at radius 1 is 1.65 bits per heavy atom. The van der Waals surface area contributed by atoms with Crippen molar-refractivity contribution in [2.24, 2.45) is 0 Å². The van der Waals surface area contributed by atoms with Gasteiger partial charge in [-0.2, -0.15) is 0 Å². The van der Waals surface area contributed by atoms with E-state index in [4.69, 9.17) is 4.74 Å². The first kappa shape index (κ1) is 14.5. The van der Waals surface area contributed by atoms with Gasteiger partial charge >= 0.3 is 0 Å². The Morgan fingerprint density at radius 3 is 3.06 bits per heavy atom. The number of rotatable bonds is 7. The largest absolute Gasteiger partial charge is 0.383 e. The third kappa shape index (κ3) is 4.69. The van der Waals surface area contributed by atoms with Gasteiger partial charge in [-0.25, -0.2) is 0 Å². The first-order valence-electron chi connectivity index (χ1n) is 5.41. The van der Waals surface area contributed by atoms with Gasteiger partial charge in [0, 0.05) is 13.7 Å². The minimum absolute atomic E-state index is 0.107. The molecule has 1 unspecified atom stereocenters. The fraction of sp³-hybridized carbons (Fsp3) is 0.700. The van der Waals surface area contributed by atoms with E-state index in [2.05, 4.69) is 30.8 Å². The standard InChI is InChI=1S/C10H16BrN3O2S/c1-3-4-8-9(17-14-13-8)10(15)12-5-7(11)6-16-2/h7H,3-6H2,1-2H3,(H,12,15). The molecule has 1 N–H and O–H groups in total. The Labute approximate surface area is 113 Å². The van der Waals surface area contributed by atoms with E-state index >= 15 is 0 Å². The van der Waals surface area contributed by atoms with Gasteiger partial charge < -0.3 is 10.1 Å². The number of nitrogens with one attached hydrogen (secondary N) is 1. The third-order valence-corrected chi connectivity index (χ3v) is 3.44. The van der Waals surface area contributed by atoms with Crippen molar-refractivity contribution < 1.29 is 9.53 Å². The molecule has 17 heavy (non-hydrogen) atoms. The van der Waals surface area contributed by atoms with E-state index in [0.29, 0.717) is 18.0 Å². The van der Waals surface area contributed by atoms with E-state index in [-0.39, 0.29) is 10.7 Å². The number of carbonyl (C=O) groups is 1. The zero-order chi connectivity index (χ0) is 12.7. The van der Waals surface area contributed by atoms with Crippen LogP contribution in [0.2, 0.25) is 0 Å². The summed E-state index contributed by atoms with van der Waals surface area (Å²) < 4.78 is 8.79. The number of methoxy groups -OCH3 is 1. The number of carbonyl (C=O) groups excluding carboxylic acids is 1. The average molecular weight is 322 g/mol. The van der Waals surface area contributed by atoms with Crippen molar-refractivity contribution >= 4 is 33.4 Å². The summed E-state index contributed by atoms with van der Waals surface area (Å²) >= 11 is 4.55. The van der Waals surface area contributed by atoms with Gasteiger partial charge in [0.25, 0.3) is 5.91 Å². The zero-order valence-corrected chi connectivity index (χ0v) is 12.3. The van der Waals surface area contributed by atoms with Crippen LogP contribution in [0, 0.1) is 0 Å². The van der Waals surface area contributed by atoms with E-state index in [1.165, 1.54) is 0 Å². The van der Waals surface area contributed by atoms with E-state index < -0.39 is 0 Å². The van der Waals surface area contributed by atoms with Crippen LogP contribution in [-0.2, 0) is 11.2 Å². The molecule has 1 aromatic rings. The van der Waals surface area contributed by atoms with Gasteiger partial charge in [-0.05, 0) is 18.0 Å². The van der Waals surface area contributed by atoms with Gasteiger partial charge in [-0.3, -0.25) is 4.79 Å². The lowest BCUT2D eigenvalue weighted by Crippen LogP contribution is -2.31. The number of halogens is 1. The van der Waals surface area contributed by atoms with Crippen molar-refractivity contribution in [2.75, 3.05) is 20.3 Å². The summed E-state index contributed by atoms with van der Waals surface area (Å²) in [5.74, 6) is -0.107. The molecule has 1 rings (SSSR count). The monoisotopic (exact) mass is 321 g/mol. The van der Waals surface area contributed by atoms with Gasteiger partial charge in [0.05, 0.1) is 17.1 Å². The summed E-state index contributed by atoms with van der Waals surface area (Å²) in [6.45, 7) is 3.13. The van der Waals surface area contributed by atoms with E-state index in [0.717, 1.165) is 30.1 Å². The first-order valence-corrected chi connectivity index (χ1v) is 7.10. The van der Waals surface area contributed by atoms with Crippen LogP contribution in [0.15, 0.2) is 0 Å². The van der Waals surface area contributed by atoms with Crippen molar-refractivity contribution in [1.82, 2.24) is 14.9 Å². The number of amides is 1. The zero-order valence-electron chi connectivity index (χ0n) is 9.90. The molecular formula is C10H16BrN3O2S. The van der Waals surface area contributed by atoms with Crippen molar-refractivity contribution in [3.8, 4) is 0 Å². The smallest absolute Gasteiger partial charge is 0.264 e. The van der Waals surface area contributed by atoms with E-state index in [1.54, 1.807) is 7.11 Å². The predicted molar refractivity (Wildman–Crippen MR) is 70.8 cm³/mol. The molecule has 0 aliphatic carbocycles. The Morgan fingerprint density at radius 2 is 2.41 bits per heavy atom. The molecule has 0 bridgehead atoms. The fourth-order valence-electron chi connectivity index (χ4n) is 1.30. The van der Waals surface area contributed by atoms with Gasteiger partial charge in [0.2, 0.25) is 0 Å². The van der Waals surface area contributed by atoms with Gasteiger partial charge in [-0.15, -0.1) is 5.10 Å². The molecule has 0 spiro atoms. The molecule has 0 saturated heterocycles. The normalized spacial score (nSPS) is 12.4. The van der Waals surface area contributed by atoms with Crippen LogP contribution in [0.1, 0.15) is 28.7 Å². The summed E-state index contributed by atoms with van der Waals surface area (Å²) in [6.07, 6.45) is 1.74. The molecule has 0 aliphatic heterocycles. The average Bonchev–Trinajstić information content (AvgIpc) is 2.75. The quantitative estimate of drug-likeness (QED) is 0.775. The highest BCUT2D eigenvalue weighted by Gasteiger charge is 2.16. The number of nitrogens with zero attached hydrogens (tertiary/aromatic N) is 2. The summed E-state index contributed by atoms with van der Waals surface area (Å²) in [4.78, 5) is 12.6. The summed E-state index contributed by atoms with van der Waals surface area (Å²) in [7, 11) is 1.63. The highest BCUT2D eigenvalue weighted by Crippen LogP contribution is 2.12.